The standard InChI is InChI=1S/C20H13BrFN5S2/c21-14-10-24-27-18(8-16(26-19(14)27)13-4-1-2-5-15(13)22)23-9-12-11-29-20(25-12)17-6-3-7-28-17/h1-8,10-11,23H,9H2. The summed E-state index contributed by atoms with van der Waals surface area (Å²) in [6.07, 6.45) is 1.68. The number of thiophene rings is 1. The molecule has 4 aromatic heterocycles. The molecule has 0 saturated carbocycles. The normalized spacial score (nSPS) is 11.2. The summed E-state index contributed by atoms with van der Waals surface area (Å²) in [4.78, 5) is 10.4. The summed E-state index contributed by atoms with van der Waals surface area (Å²) < 4.78 is 16.8. The fourth-order valence-corrected chi connectivity index (χ4v) is 4.93. The van der Waals surface area contributed by atoms with Crippen molar-refractivity contribution in [3.63, 3.8) is 0 Å². The summed E-state index contributed by atoms with van der Waals surface area (Å²) in [5.74, 6) is 0.399. The number of hydrogen-bond donors (Lipinski definition) is 1. The first kappa shape index (κ1) is 18.4. The number of halogens is 2. The number of fused-ring (bicyclic) bond motifs is 1. The van der Waals surface area contributed by atoms with Gasteiger partial charge in [0.15, 0.2) is 5.65 Å². The maximum absolute atomic E-state index is 14.3. The average molecular weight is 486 g/mol. The van der Waals surface area contributed by atoms with Gasteiger partial charge in [0.2, 0.25) is 0 Å². The van der Waals surface area contributed by atoms with Gasteiger partial charge in [-0.15, -0.1) is 22.7 Å². The molecule has 0 atom stereocenters. The number of nitrogens with zero attached hydrogens (tertiary/aromatic N) is 4. The third-order valence-corrected chi connectivity index (χ3v) is 6.80. The zero-order valence-corrected chi connectivity index (χ0v) is 18.1. The minimum Gasteiger partial charge on any atom is -0.364 e. The highest BCUT2D eigenvalue weighted by atomic mass is 79.9. The molecule has 0 spiro atoms. The van der Waals surface area contributed by atoms with E-state index in [1.807, 2.05) is 16.8 Å². The highest BCUT2D eigenvalue weighted by Crippen LogP contribution is 2.29. The first-order chi connectivity index (χ1) is 14.2. The SMILES string of the molecule is Fc1ccccc1-c1cc(NCc2csc(-c3cccs3)n2)n2ncc(Br)c2n1. The molecule has 5 nitrogen and oxygen atoms in total. The lowest BCUT2D eigenvalue weighted by atomic mass is 10.1. The van der Waals surface area contributed by atoms with Crippen molar-refractivity contribution in [2.45, 2.75) is 6.54 Å². The van der Waals surface area contributed by atoms with E-state index in [0.29, 0.717) is 29.3 Å². The molecule has 0 aliphatic heterocycles. The lowest BCUT2D eigenvalue weighted by molar-refractivity contribution is 0.630. The minimum absolute atomic E-state index is 0.314. The van der Waals surface area contributed by atoms with Gasteiger partial charge in [0.05, 0.1) is 33.5 Å². The van der Waals surface area contributed by atoms with Gasteiger partial charge in [-0.3, -0.25) is 0 Å². The van der Waals surface area contributed by atoms with Crippen molar-refractivity contribution < 1.29 is 4.39 Å². The van der Waals surface area contributed by atoms with E-state index in [1.54, 1.807) is 57.7 Å². The molecule has 0 aliphatic rings. The summed E-state index contributed by atoms with van der Waals surface area (Å²) in [7, 11) is 0. The van der Waals surface area contributed by atoms with E-state index in [9.17, 15) is 4.39 Å². The Bertz CT molecular complexity index is 1300. The van der Waals surface area contributed by atoms with Crippen LogP contribution in [0.25, 0.3) is 26.8 Å². The van der Waals surface area contributed by atoms with Gasteiger partial charge < -0.3 is 5.32 Å². The largest absolute Gasteiger partial charge is 0.364 e. The Morgan fingerprint density at radius 2 is 2.00 bits per heavy atom. The Morgan fingerprint density at radius 1 is 1.10 bits per heavy atom. The number of anilines is 1. The zero-order chi connectivity index (χ0) is 19.8. The Balaban J connectivity index is 1.49. The van der Waals surface area contributed by atoms with E-state index >= 15 is 0 Å². The summed E-state index contributed by atoms with van der Waals surface area (Å²) in [5, 5.41) is 12.8. The van der Waals surface area contributed by atoms with Gasteiger partial charge in [-0.1, -0.05) is 18.2 Å². The third-order valence-electron chi connectivity index (χ3n) is 4.31. The summed E-state index contributed by atoms with van der Waals surface area (Å²) in [6, 6.07) is 12.5. The Morgan fingerprint density at radius 3 is 2.83 bits per heavy atom. The molecule has 1 aromatic carbocycles. The molecule has 5 rings (SSSR count). The topological polar surface area (TPSA) is 55.1 Å². The predicted octanol–water partition coefficient (Wildman–Crippen LogP) is 6.10. The molecule has 0 unspecified atom stereocenters. The number of benzene rings is 1. The van der Waals surface area contributed by atoms with Crippen LogP contribution in [0.1, 0.15) is 5.69 Å². The van der Waals surface area contributed by atoms with Crippen molar-refractivity contribution in [2.24, 2.45) is 0 Å². The van der Waals surface area contributed by atoms with Crippen molar-refractivity contribution in [1.29, 1.82) is 0 Å². The molecule has 1 N–H and O–H groups in total. The van der Waals surface area contributed by atoms with Crippen molar-refractivity contribution >= 4 is 50.1 Å². The van der Waals surface area contributed by atoms with E-state index in [4.69, 9.17) is 4.98 Å². The molecule has 9 heteroatoms. The maximum atomic E-state index is 14.3. The number of nitrogens with one attached hydrogen (secondary N) is 1. The van der Waals surface area contributed by atoms with Gasteiger partial charge in [0, 0.05) is 17.0 Å². The molecule has 0 saturated heterocycles. The molecule has 29 heavy (non-hydrogen) atoms. The lowest BCUT2D eigenvalue weighted by Gasteiger charge is -2.10. The van der Waals surface area contributed by atoms with Crippen molar-refractivity contribution in [2.75, 3.05) is 5.32 Å². The van der Waals surface area contributed by atoms with Crippen LogP contribution in [-0.2, 0) is 6.54 Å². The molecule has 0 radical (unpaired) electrons. The van der Waals surface area contributed by atoms with Gasteiger partial charge in [-0.2, -0.15) is 9.61 Å². The maximum Gasteiger partial charge on any atom is 0.172 e. The van der Waals surface area contributed by atoms with Gasteiger partial charge in [0.1, 0.15) is 16.6 Å². The van der Waals surface area contributed by atoms with Crippen LogP contribution in [0.15, 0.2) is 63.9 Å². The number of hydrogen-bond acceptors (Lipinski definition) is 6. The number of rotatable bonds is 5. The lowest BCUT2D eigenvalue weighted by Crippen LogP contribution is -2.07. The zero-order valence-electron chi connectivity index (χ0n) is 14.8. The Kier molecular flexibility index (Phi) is 4.86. The van der Waals surface area contributed by atoms with Crippen LogP contribution in [-0.4, -0.2) is 19.6 Å². The van der Waals surface area contributed by atoms with Crippen LogP contribution in [0.5, 0.6) is 0 Å². The molecule has 0 fully saturated rings. The van der Waals surface area contributed by atoms with Crippen LogP contribution < -0.4 is 5.32 Å². The quantitative estimate of drug-likeness (QED) is 0.327. The molecular formula is C20H13BrFN5S2. The molecule has 5 aromatic rings. The van der Waals surface area contributed by atoms with Crippen LogP contribution in [0.4, 0.5) is 10.2 Å². The molecule has 0 amide bonds. The van der Waals surface area contributed by atoms with Gasteiger partial charge in [0.25, 0.3) is 0 Å². The second-order valence-electron chi connectivity index (χ2n) is 6.21. The minimum atomic E-state index is -0.314. The van der Waals surface area contributed by atoms with Crippen LogP contribution in [0.2, 0.25) is 0 Å². The van der Waals surface area contributed by atoms with E-state index in [0.717, 1.165) is 20.1 Å². The molecular weight excluding hydrogens is 473 g/mol. The monoisotopic (exact) mass is 485 g/mol. The summed E-state index contributed by atoms with van der Waals surface area (Å²) in [6.45, 7) is 0.523. The van der Waals surface area contributed by atoms with Crippen molar-refractivity contribution in [1.82, 2.24) is 19.6 Å². The van der Waals surface area contributed by atoms with Gasteiger partial charge in [-0.25, -0.2) is 14.4 Å². The average Bonchev–Trinajstić information content (AvgIpc) is 3.48. The van der Waals surface area contributed by atoms with Gasteiger partial charge in [-0.05, 0) is 39.5 Å². The summed E-state index contributed by atoms with van der Waals surface area (Å²) in [5.41, 5.74) is 2.53. The van der Waals surface area contributed by atoms with E-state index < -0.39 is 0 Å². The number of thiazole rings is 1. The van der Waals surface area contributed by atoms with Gasteiger partial charge >= 0.3 is 0 Å². The van der Waals surface area contributed by atoms with Crippen LogP contribution in [0, 0.1) is 5.82 Å². The fourth-order valence-electron chi connectivity index (χ4n) is 2.95. The van der Waals surface area contributed by atoms with Crippen molar-refractivity contribution in [3.8, 4) is 21.1 Å². The Hall–Kier alpha value is -2.62. The first-order valence-corrected chi connectivity index (χ1v) is 11.3. The molecule has 0 aliphatic carbocycles. The smallest absolute Gasteiger partial charge is 0.172 e. The van der Waals surface area contributed by atoms with Crippen LogP contribution in [0.3, 0.4) is 0 Å². The molecule has 0 bridgehead atoms. The number of aromatic nitrogens is 4. The third kappa shape index (κ3) is 3.57. The van der Waals surface area contributed by atoms with Crippen molar-refractivity contribution in [3.05, 3.63) is 75.4 Å². The highest BCUT2D eigenvalue weighted by molar-refractivity contribution is 9.10. The summed E-state index contributed by atoms with van der Waals surface area (Å²) >= 11 is 6.76. The fraction of sp³-hybridized carbons (Fsp3) is 0.0500. The first-order valence-electron chi connectivity index (χ1n) is 8.70. The van der Waals surface area contributed by atoms with E-state index in [-0.39, 0.29) is 5.82 Å². The Labute approximate surface area is 182 Å². The van der Waals surface area contributed by atoms with E-state index in [1.165, 1.54) is 6.07 Å². The predicted molar refractivity (Wildman–Crippen MR) is 119 cm³/mol. The van der Waals surface area contributed by atoms with E-state index in [2.05, 4.69) is 37.4 Å². The highest BCUT2D eigenvalue weighted by Gasteiger charge is 2.14. The molecule has 4 heterocycles. The second kappa shape index (κ2) is 7.66. The second-order valence-corrected chi connectivity index (χ2v) is 8.87. The molecule has 144 valence electrons. The van der Waals surface area contributed by atoms with Crippen LogP contribution >= 0.6 is 38.6 Å².